The number of thioether (sulfide) groups is 1. The molecule has 1 N–H and O–H groups in total. The predicted octanol–water partition coefficient (Wildman–Crippen LogP) is 2.74. The van der Waals surface area contributed by atoms with E-state index in [9.17, 15) is 14.4 Å². The van der Waals surface area contributed by atoms with Crippen LogP contribution in [-0.2, 0) is 6.54 Å². The van der Waals surface area contributed by atoms with E-state index in [1.54, 1.807) is 36.0 Å². The van der Waals surface area contributed by atoms with E-state index >= 15 is 0 Å². The van der Waals surface area contributed by atoms with Gasteiger partial charge in [-0.15, -0.1) is 23.1 Å². The van der Waals surface area contributed by atoms with Crippen LogP contribution in [-0.4, -0.2) is 39.4 Å². The van der Waals surface area contributed by atoms with Crippen LogP contribution in [0, 0.1) is 6.92 Å². The van der Waals surface area contributed by atoms with Gasteiger partial charge in [-0.2, -0.15) is 4.68 Å². The Morgan fingerprint density at radius 1 is 1.34 bits per heavy atom. The SMILES string of the molecule is CNn1c(=O)c2c(C)c(C3=NCCS3)sc2n(CC(=O)c2cccc(Cl)c2)c1=O. The van der Waals surface area contributed by atoms with E-state index in [0.29, 0.717) is 20.8 Å². The lowest BCUT2D eigenvalue weighted by molar-refractivity contribution is 0.0971. The van der Waals surface area contributed by atoms with E-state index in [0.717, 1.165) is 32.5 Å². The Hall–Kier alpha value is -2.36. The average Bonchev–Trinajstić information content (AvgIpc) is 3.33. The fourth-order valence-corrected chi connectivity index (χ4v) is 5.79. The number of ketones is 1. The van der Waals surface area contributed by atoms with Crippen LogP contribution in [0.3, 0.4) is 0 Å². The number of Topliss-reactive ketones (excluding diaryl/α,β-unsaturated/α-hetero) is 1. The lowest BCUT2D eigenvalue weighted by atomic mass is 10.1. The van der Waals surface area contributed by atoms with E-state index in [-0.39, 0.29) is 12.3 Å². The second-order valence-electron chi connectivity index (χ2n) is 6.44. The maximum absolute atomic E-state index is 13.0. The lowest BCUT2D eigenvalue weighted by Gasteiger charge is -2.11. The van der Waals surface area contributed by atoms with Crippen molar-refractivity contribution in [2.24, 2.45) is 4.99 Å². The fourth-order valence-electron chi connectivity index (χ4n) is 3.26. The van der Waals surface area contributed by atoms with Crippen LogP contribution in [0.5, 0.6) is 0 Å². The molecule has 4 rings (SSSR count). The van der Waals surface area contributed by atoms with Crippen LogP contribution in [0.25, 0.3) is 10.2 Å². The van der Waals surface area contributed by atoms with Crippen LogP contribution in [0.2, 0.25) is 5.02 Å². The normalized spacial score (nSPS) is 13.7. The Kier molecular flexibility index (Phi) is 5.37. The molecular weight excluding hydrogens is 432 g/mol. The standard InChI is InChI=1S/C19H17ClN4O3S2/c1-10-14-17(26)24(21-2)19(27)23(9-13(25)11-4-3-5-12(20)8-11)18(14)29-15(10)16-22-6-7-28-16/h3-5,8,21H,6-7,9H2,1-2H3. The summed E-state index contributed by atoms with van der Waals surface area (Å²) in [5.74, 6) is 0.626. The van der Waals surface area contributed by atoms with Crippen LogP contribution in [0.1, 0.15) is 20.8 Å². The highest BCUT2D eigenvalue weighted by Crippen LogP contribution is 2.33. The van der Waals surface area contributed by atoms with Crippen LogP contribution in [0.4, 0.5) is 0 Å². The number of carbonyl (C=O) groups is 1. The maximum atomic E-state index is 13.0. The average molecular weight is 449 g/mol. The number of nitrogens with one attached hydrogen (secondary N) is 1. The summed E-state index contributed by atoms with van der Waals surface area (Å²) in [5, 5.41) is 1.74. The second-order valence-corrected chi connectivity index (χ2v) is 8.96. The van der Waals surface area contributed by atoms with Gasteiger partial charge in [0.1, 0.15) is 9.87 Å². The maximum Gasteiger partial charge on any atom is 0.351 e. The van der Waals surface area contributed by atoms with Gasteiger partial charge in [0.05, 0.1) is 16.8 Å². The van der Waals surface area contributed by atoms with Gasteiger partial charge in [-0.05, 0) is 24.6 Å². The molecule has 1 aromatic carbocycles. The highest BCUT2D eigenvalue weighted by atomic mass is 35.5. The third-order valence-electron chi connectivity index (χ3n) is 4.66. The molecule has 2 aromatic heterocycles. The summed E-state index contributed by atoms with van der Waals surface area (Å²) in [4.78, 5) is 44.6. The third-order valence-corrected chi connectivity index (χ3v) is 7.34. The minimum Gasteiger partial charge on any atom is -0.322 e. The summed E-state index contributed by atoms with van der Waals surface area (Å²) in [6.45, 7) is 2.38. The number of hydrogen-bond donors (Lipinski definition) is 1. The van der Waals surface area contributed by atoms with Crippen molar-refractivity contribution >= 4 is 55.7 Å². The number of aryl methyl sites for hydroxylation is 1. The second kappa shape index (κ2) is 7.81. The molecule has 0 unspecified atom stereocenters. The summed E-state index contributed by atoms with van der Waals surface area (Å²) in [7, 11) is 1.50. The molecular formula is C19H17ClN4O3S2. The van der Waals surface area contributed by atoms with Crippen LogP contribution in [0.15, 0.2) is 38.8 Å². The van der Waals surface area contributed by atoms with Crippen molar-refractivity contribution in [1.29, 1.82) is 0 Å². The number of aromatic nitrogens is 2. The van der Waals surface area contributed by atoms with Crippen molar-refractivity contribution < 1.29 is 4.79 Å². The van der Waals surface area contributed by atoms with Crippen molar-refractivity contribution in [3.05, 3.63) is 66.1 Å². The summed E-state index contributed by atoms with van der Waals surface area (Å²) < 4.78 is 2.28. The van der Waals surface area contributed by atoms with Crippen molar-refractivity contribution in [1.82, 2.24) is 9.24 Å². The number of carbonyl (C=O) groups excluding carboxylic acids is 1. The number of fused-ring (bicyclic) bond motifs is 1. The zero-order valence-electron chi connectivity index (χ0n) is 15.7. The molecule has 0 aliphatic carbocycles. The number of rotatable bonds is 5. The zero-order chi connectivity index (χ0) is 20.7. The van der Waals surface area contributed by atoms with Crippen molar-refractivity contribution in [3.8, 4) is 0 Å². The molecule has 7 nitrogen and oxygen atoms in total. The molecule has 0 amide bonds. The first-order valence-corrected chi connectivity index (χ1v) is 11.0. The molecule has 150 valence electrons. The molecule has 0 atom stereocenters. The largest absolute Gasteiger partial charge is 0.351 e. The van der Waals surface area contributed by atoms with Crippen molar-refractivity contribution in [2.45, 2.75) is 13.5 Å². The topological polar surface area (TPSA) is 85.5 Å². The highest BCUT2D eigenvalue weighted by molar-refractivity contribution is 8.15. The van der Waals surface area contributed by atoms with Gasteiger partial charge in [0.2, 0.25) is 0 Å². The zero-order valence-corrected chi connectivity index (χ0v) is 18.1. The number of halogens is 1. The van der Waals surface area contributed by atoms with Gasteiger partial charge in [0.15, 0.2) is 5.78 Å². The Bertz CT molecular complexity index is 1290. The van der Waals surface area contributed by atoms with Gasteiger partial charge >= 0.3 is 5.69 Å². The molecule has 0 spiro atoms. The minimum atomic E-state index is -0.589. The van der Waals surface area contributed by atoms with Crippen molar-refractivity contribution in [3.63, 3.8) is 0 Å². The van der Waals surface area contributed by atoms with Gasteiger partial charge < -0.3 is 5.43 Å². The van der Waals surface area contributed by atoms with Crippen LogP contribution < -0.4 is 16.7 Å². The molecule has 29 heavy (non-hydrogen) atoms. The van der Waals surface area contributed by atoms with Crippen molar-refractivity contribution in [2.75, 3.05) is 24.8 Å². The molecule has 10 heteroatoms. The van der Waals surface area contributed by atoms with Gasteiger partial charge in [0.25, 0.3) is 5.56 Å². The summed E-state index contributed by atoms with van der Waals surface area (Å²) in [5.41, 5.74) is 2.80. The quantitative estimate of drug-likeness (QED) is 0.606. The number of nitrogens with zero attached hydrogens (tertiary/aromatic N) is 3. The highest BCUT2D eigenvalue weighted by Gasteiger charge is 2.24. The minimum absolute atomic E-state index is 0.198. The predicted molar refractivity (Wildman–Crippen MR) is 120 cm³/mol. The number of benzene rings is 1. The van der Waals surface area contributed by atoms with E-state index in [1.807, 2.05) is 6.92 Å². The van der Waals surface area contributed by atoms with Crippen LogP contribution >= 0.6 is 34.7 Å². The Balaban J connectivity index is 1.92. The molecule has 3 heterocycles. The first-order valence-electron chi connectivity index (χ1n) is 8.85. The molecule has 0 radical (unpaired) electrons. The van der Waals surface area contributed by atoms with Gasteiger partial charge in [-0.1, -0.05) is 23.7 Å². The summed E-state index contributed by atoms with van der Waals surface area (Å²) >= 11 is 8.95. The van der Waals surface area contributed by atoms with E-state index in [2.05, 4.69) is 10.4 Å². The molecule has 0 fully saturated rings. The number of aliphatic imine (C=N–C) groups is 1. The Morgan fingerprint density at radius 2 is 2.14 bits per heavy atom. The van der Waals surface area contributed by atoms with Gasteiger partial charge in [-0.25, -0.2) is 4.79 Å². The first kappa shape index (κ1) is 19.9. The Morgan fingerprint density at radius 3 is 2.79 bits per heavy atom. The fraction of sp³-hybridized carbons (Fsp3) is 0.263. The van der Waals surface area contributed by atoms with E-state index in [1.165, 1.54) is 23.0 Å². The summed E-state index contributed by atoms with van der Waals surface area (Å²) in [6.07, 6.45) is 0. The smallest absolute Gasteiger partial charge is 0.322 e. The number of thiophene rings is 1. The third kappa shape index (κ3) is 3.43. The monoisotopic (exact) mass is 448 g/mol. The number of hydrogen-bond acceptors (Lipinski definition) is 7. The van der Waals surface area contributed by atoms with E-state index in [4.69, 9.17) is 11.6 Å². The molecule has 1 aliphatic rings. The molecule has 1 aliphatic heterocycles. The first-order chi connectivity index (χ1) is 13.9. The Labute approximate surface area is 179 Å². The van der Waals surface area contributed by atoms with Gasteiger partial charge in [-0.3, -0.25) is 19.1 Å². The molecule has 0 saturated carbocycles. The molecule has 3 aromatic rings. The molecule has 0 bridgehead atoms. The summed E-state index contributed by atoms with van der Waals surface area (Å²) in [6, 6.07) is 6.58. The van der Waals surface area contributed by atoms with E-state index < -0.39 is 11.2 Å². The van der Waals surface area contributed by atoms with Gasteiger partial charge in [0, 0.05) is 29.9 Å². The lowest BCUT2D eigenvalue weighted by Crippen LogP contribution is -2.44. The molecule has 0 saturated heterocycles.